The van der Waals surface area contributed by atoms with Gasteiger partial charge < -0.3 is 15.2 Å². The van der Waals surface area contributed by atoms with Crippen molar-refractivity contribution in [1.82, 2.24) is 4.31 Å². The smallest absolute Gasteiger partial charge is 0.239 e. The molecule has 2 N–H and O–H groups in total. The zero-order valence-corrected chi connectivity index (χ0v) is 21.6. The second-order valence-corrected chi connectivity index (χ2v) is 13.7. The monoisotopic (exact) mass is 516 g/mol. The van der Waals surface area contributed by atoms with E-state index in [4.69, 9.17) is 15.2 Å². The van der Waals surface area contributed by atoms with Crippen LogP contribution >= 0.6 is 0 Å². The molecule has 0 aromatic heterocycles. The van der Waals surface area contributed by atoms with Gasteiger partial charge in [-0.1, -0.05) is 20.3 Å². The molecule has 11 heteroatoms. The fraction of sp³-hybridized carbons (Fsp3) is 0.696. The number of piperidine rings is 1. The number of rotatable bonds is 10. The predicted octanol–water partition coefficient (Wildman–Crippen LogP) is 1.96. The van der Waals surface area contributed by atoms with Crippen molar-refractivity contribution >= 4 is 25.8 Å². The molecule has 9 nitrogen and oxygen atoms in total. The topological polar surface area (TPSA) is 133 Å². The van der Waals surface area contributed by atoms with Gasteiger partial charge in [0.25, 0.3) is 0 Å². The molecule has 0 bridgehead atoms. The molecule has 2 saturated heterocycles. The number of nitrogens with two attached hydrogens (primary N) is 1. The molecule has 192 valence electrons. The van der Waals surface area contributed by atoms with E-state index in [1.807, 2.05) is 0 Å². The lowest BCUT2D eigenvalue weighted by Gasteiger charge is -2.35. The van der Waals surface area contributed by atoms with E-state index in [1.54, 1.807) is 4.31 Å². The molecule has 1 aromatic carbocycles. The van der Waals surface area contributed by atoms with E-state index in [1.165, 1.54) is 24.3 Å². The molecule has 0 saturated carbocycles. The van der Waals surface area contributed by atoms with Crippen molar-refractivity contribution < 1.29 is 31.1 Å². The van der Waals surface area contributed by atoms with E-state index in [-0.39, 0.29) is 43.3 Å². The molecule has 1 aromatic rings. The Hall–Kier alpha value is -1.69. The van der Waals surface area contributed by atoms with Crippen molar-refractivity contribution in [3.63, 3.8) is 0 Å². The lowest BCUT2D eigenvalue weighted by Crippen LogP contribution is -2.53. The molecule has 2 atom stereocenters. The molecular formula is C23H36N2O7S2. The molecule has 2 fully saturated rings. The van der Waals surface area contributed by atoms with Crippen LogP contribution in [-0.4, -0.2) is 70.5 Å². The van der Waals surface area contributed by atoms with Gasteiger partial charge in [0.2, 0.25) is 15.9 Å². The van der Waals surface area contributed by atoms with Gasteiger partial charge in [-0.2, -0.15) is 0 Å². The highest BCUT2D eigenvalue weighted by Crippen LogP contribution is 2.35. The molecular weight excluding hydrogens is 480 g/mol. The first-order valence-electron chi connectivity index (χ1n) is 11.8. The lowest BCUT2D eigenvalue weighted by atomic mass is 9.90. The number of ether oxygens (including phenoxy) is 2. The average Bonchev–Trinajstić information content (AvgIpc) is 2.82. The van der Waals surface area contributed by atoms with Gasteiger partial charge >= 0.3 is 0 Å². The molecule has 1 amide bonds. The fourth-order valence-electron chi connectivity index (χ4n) is 4.80. The van der Waals surface area contributed by atoms with E-state index in [0.717, 1.165) is 12.8 Å². The Morgan fingerprint density at radius 1 is 1.15 bits per heavy atom. The number of carbonyl (C=O) groups excluding carboxylic acids is 1. The molecule has 3 rings (SSSR count). The van der Waals surface area contributed by atoms with E-state index in [2.05, 4.69) is 13.8 Å². The first kappa shape index (κ1) is 26.9. The quantitative estimate of drug-likeness (QED) is 0.470. The maximum atomic E-state index is 13.2. The molecule has 0 aliphatic carbocycles. The van der Waals surface area contributed by atoms with Crippen molar-refractivity contribution in [3.05, 3.63) is 24.3 Å². The number of primary amides is 1. The van der Waals surface area contributed by atoms with Crippen LogP contribution in [-0.2, 0) is 29.4 Å². The third kappa shape index (κ3) is 5.75. The van der Waals surface area contributed by atoms with Gasteiger partial charge in [-0.15, -0.1) is 0 Å². The number of hydrogen-bond donors (Lipinski definition) is 1. The normalized spacial score (nSPS) is 23.9. The van der Waals surface area contributed by atoms with Crippen LogP contribution in [0.5, 0.6) is 5.75 Å². The van der Waals surface area contributed by atoms with Gasteiger partial charge in [-0.05, 0) is 61.8 Å². The van der Waals surface area contributed by atoms with Crippen molar-refractivity contribution in [1.29, 1.82) is 0 Å². The summed E-state index contributed by atoms with van der Waals surface area (Å²) >= 11 is 0. The van der Waals surface area contributed by atoms with E-state index >= 15 is 0 Å². The highest BCUT2D eigenvalue weighted by Gasteiger charge is 2.51. The number of sulfone groups is 1. The molecule has 0 radical (unpaired) electrons. The Morgan fingerprint density at radius 3 is 2.38 bits per heavy atom. The number of benzene rings is 1. The van der Waals surface area contributed by atoms with Crippen LogP contribution in [0.3, 0.4) is 0 Å². The standard InChI is InChI=1S/C23H36N2O7S2/c1-3-19-15-18(2)16-25(17-19)33(27,28)14-4-11-32-20-5-7-21(8-6-20)34(29,30)23(22(24)26)9-12-31-13-10-23/h5-8,18-19H,3-4,9-17H2,1-2H3,(H2,24,26). The molecule has 34 heavy (non-hydrogen) atoms. The molecule has 2 aliphatic rings. The molecule has 2 aliphatic heterocycles. The number of amides is 1. The second kappa shape index (κ2) is 10.9. The summed E-state index contributed by atoms with van der Waals surface area (Å²) in [5, 5.41) is 0. The highest BCUT2D eigenvalue weighted by molar-refractivity contribution is 7.93. The summed E-state index contributed by atoms with van der Waals surface area (Å²) in [6, 6.07) is 5.80. The fourth-order valence-corrected chi connectivity index (χ4v) is 8.38. The Bertz CT molecular complexity index is 1050. The summed E-state index contributed by atoms with van der Waals surface area (Å²) in [5.41, 5.74) is 5.50. The summed E-state index contributed by atoms with van der Waals surface area (Å²) in [6.45, 7) is 5.82. The van der Waals surface area contributed by atoms with Gasteiger partial charge in [0, 0.05) is 26.3 Å². The summed E-state index contributed by atoms with van der Waals surface area (Å²) in [6.07, 6.45) is 2.40. The summed E-state index contributed by atoms with van der Waals surface area (Å²) in [4.78, 5) is 12.1. The van der Waals surface area contributed by atoms with Gasteiger partial charge in [-0.25, -0.2) is 21.1 Å². The van der Waals surface area contributed by atoms with Gasteiger partial charge in [0.15, 0.2) is 14.6 Å². The van der Waals surface area contributed by atoms with Gasteiger partial charge in [-0.3, -0.25) is 4.79 Å². The van der Waals surface area contributed by atoms with Crippen molar-refractivity contribution in [2.45, 2.75) is 55.6 Å². The molecule has 2 heterocycles. The number of hydrogen-bond acceptors (Lipinski definition) is 7. The minimum Gasteiger partial charge on any atom is -0.494 e. The Labute approximate surface area is 202 Å². The van der Waals surface area contributed by atoms with Crippen molar-refractivity contribution in [2.24, 2.45) is 17.6 Å². The number of carbonyl (C=O) groups is 1. The minimum atomic E-state index is -4.00. The number of nitrogens with zero attached hydrogens (tertiary/aromatic N) is 1. The predicted molar refractivity (Wildman–Crippen MR) is 129 cm³/mol. The lowest BCUT2D eigenvalue weighted by molar-refractivity contribution is -0.122. The summed E-state index contributed by atoms with van der Waals surface area (Å²) in [5.74, 6) is 0.319. The van der Waals surface area contributed by atoms with Crippen LogP contribution in [0.15, 0.2) is 29.2 Å². The van der Waals surface area contributed by atoms with Crippen molar-refractivity contribution in [3.8, 4) is 5.75 Å². The third-order valence-corrected chi connectivity index (χ3v) is 11.3. The van der Waals surface area contributed by atoms with Crippen molar-refractivity contribution in [2.75, 3.05) is 38.7 Å². The zero-order chi connectivity index (χ0) is 25.0. The van der Waals surface area contributed by atoms with Gasteiger partial charge in [0.1, 0.15) is 5.75 Å². The van der Waals surface area contributed by atoms with Crippen LogP contribution < -0.4 is 10.5 Å². The van der Waals surface area contributed by atoms with E-state index in [0.29, 0.717) is 37.1 Å². The van der Waals surface area contributed by atoms with Gasteiger partial charge in [0.05, 0.1) is 17.3 Å². The summed E-state index contributed by atoms with van der Waals surface area (Å²) < 4.78 is 62.7. The first-order chi connectivity index (χ1) is 16.0. The number of sulfonamides is 1. The Kier molecular flexibility index (Phi) is 8.65. The van der Waals surface area contributed by atoms with Crippen LogP contribution in [0.25, 0.3) is 0 Å². The second-order valence-electron chi connectivity index (χ2n) is 9.40. The molecule has 0 spiro atoms. The highest BCUT2D eigenvalue weighted by atomic mass is 32.2. The van der Waals surface area contributed by atoms with Crippen LogP contribution in [0.4, 0.5) is 0 Å². The maximum absolute atomic E-state index is 13.2. The zero-order valence-electron chi connectivity index (χ0n) is 19.9. The average molecular weight is 517 g/mol. The Balaban J connectivity index is 1.57. The third-order valence-electron chi connectivity index (χ3n) is 6.90. The van der Waals surface area contributed by atoms with E-state index < -0.39 is 30.5 Å². The van der Waals surface area contributed by atoms with Crippen LogP contribution in [0.1, 0.15) is 46.0 Å². The van der Waals surface area contributed by atoms with E-state index in [9.17, 15) is 21.6 Å². The van der Waals surface area contributed by atoms with Crippen LogP contribution in [0, 0.1) is 11.8 Å². The Morgan fingerprint density at radius 2 is 1.79 bits per heavy atom. The molecule has 2 unspecified atom stereocenters. The maximum Gasteiger partial charge on any atom is 0.239 e. The SMILES string of the molecule is CCC1CC(C)CN(S(=O)(=O)CCCOc2ccc(S(=O)(=O)C3(C(N)=O)CCOCC3)cc2)C1. The largest absolute Gasteiger partial charge is 0.494 e. The summed E-state index contributed by atoms with van der Waals surface area (Å²) in [7, 11) is -7.35. The minimum absolute atomic E-state index is 0.00577. The van der Waals surface area contributed by atoms with Crippen LogP contribution in [0.2, 0.25) is 0 Å². The first-order valence-corrected chi connectivity index (χ1v) is 14.9.